The lowest BCUT2D eigenvalue weighted by atomic mass is 10.1. The van der Waals surface area contributed by atoms with E-state index in [0.29, 0.717) is 43.7 Å². The molecule has 9 nitrogen and oxygen atoms in total. The molecule has 6 N–H and O–H groups in total. The highest BCUT2D eigenvalue weighted by molar-refractivity contribution is 7.07. The lowest BCUT2D eigenvalue weighted by Gasteiger charge is -2.14. The number of hydrogen-bond acceptors (Lipinski definition) is 7. The van der Waals surface area contributed by atoms with Gasteiger partial charge in [-0.1, -0.05) is 24.3 Å². The van der Waals surface area contributed by atoms with Gasteiger partial charge in [0.25, 0.3) is 5.91 Å². The highest BCUT2D eigenvalue weighted by Crippen LogP contribution is 2.26. The first-order valence-corrected chi connectivity index (χ1v) is 11.5. The Morgan fingerprint density at radius 2 is 1.85 bits per heavy atom. The number of benzene rings is 2. The Morgan fingerprint density at radius 3 is 2.55 bits per heavy atom. The van der Waals surface area contributed by atoms with Crippen molar-refractivity contribution >= 4 is 39.8 Å². The summed E-state index contributed by atoms with van der Waals surface area (Å²) in [5.74, 6) is -0.854. The van der Waals surface area contributed by atoms with Crippen LogP contribution in [0.2, 0.25) is 0 Å². The second kappa shape index (κ2) is 11.9. The van der Waals surface area contributed by atoms with E-state index in [-0.39, 0.29) is 12.5 Å². The first kappa shape index (κ1) is 24.1. The molecular weight excluding hydrogens is 442 g/mol. The minimum Gasteiger partial charge on any atom is -0.493 e. The maximum absolute atomic E-state index is 12.5. The van der Waals surface area contributed by atoms with E-state index in [2.05, 4.69) is 15.6 Å². The number of unbranched alkanes of at least 4 members (excludes halogenated alkanes) is 1. The van der Waals surface area contributed by atoms with E-state index in [1.807, 2.05) is 29.6 Å². The van der Waals surface area contributed by atoms with Crippen LogP contribution in [0.4, 0.5) is 0 Å². The average Bonchev–Trinajstić information content (AvgIpc) is 3.32. The number of fused-ring (bicyclic) bond motifs is 1. The smallest absolute Gasteiger partial charge is 0.255 e. The van der Waals surface area contributed by atoms with E-state index in [1.54, 1.807) is 17.6 Å². The van der Waals surface area contributed by atoms with Crippen LogP contribution in [0.3, 0.4) is 0 Å². The maximum atomic E-state index is 12.5. The number of carbonyl (C=O) groups is 3. The van der Waals surface area contributed by atoms with Gasteiger partial charge in [0.15, 0.2) is 0 Å². The molecule has 174 valence electrons. The molecule has 3 amide bonds. The minimum atomic E-state index is -0.637. The molecule has 0 saturated carbocycles. The second-order valence-electron chi connectivity index (χ2n) is 7.48. The largest absolute Gasteiger partial charge is 0.493 e. The number of nitrogens with one attached hydrogen (secondary N) is 2. The van der Waals surface area contributed by atoms with Gasteiger partial charge in [0.2, 0.25) is 11.8 Å². The van der Waals surface area contributed by atoms with Gasteiger partial charge in [-0.25, -0.2) is 4.98 Å². The molecule has 0 fully saturated rings. The van der Waals surface area contributed by atoms with Crippen molar-refractivity contribution in [3.8, 4) is 5.75 Å². The van der Waals surface area contributed by atoms with Crippen molar-refractivity contribution in [3.63, 3.8) is 0 Å². The summed E-state index contributed by atoms with van der Waals surface area (Å²) in [6.45, 7) is 0.571. The third kappa shape index (κ3) is 7.26. The molecule has 3 aromatic rings. The number of ether oxygens (including phenoxy) is 1. The Kier molecular flexibility index (Phi) is 8.73. The van der Waals surface area contributed by atoms with Gasteiger partial charge >= 0.3 is 0 Å². The number of hydrogen-bond donors (Lipinski definition) is 4. The zero-order chi connectivity index (χ0) is 23.6. The molecule has 2 aromatic carbocycles. The Morgan fingerprint density at radius 1 is 1.09 bits per heavy atom. The predicted molar refractivity (Wildman–Crippen MR) is 127 cm³/mol. The first-order chi connectivity index (χ1) is 15.9. The number of primary amides is 1. The topological polar surface area (TPSA) is 149 Å². The molecule has 1 atom stereocenters. The van der Waals surface area contributed by atoms with Crippen molar-refractivity contribution in [3.05, 3.63) is 58.5 Å². The SMILES string of the molecule is NC(=O)CNC(=O)c1cc2ccccc2cc1OCCCCNC(=O)C(N)Cc1cscn1. The van der Waals surface area contributed by atoms with E-state index in [1.165, 1.54) is 11.3 Å². The molecule has 10 heteroatoms. The fourth-order valence-electron chi connectivity index (χ4n) is 3.19. The van der Waals surface area contributed by atoms with Gasteiger partial charge in [-0.2, -0.15) is 0 Å². The van der Waals surface area contributed by atoms with Crippen molar-refractivity contribution in [2.24, 2.45) is 11.5 Å². The molecule has 1 unspecified atom stereocenters. The molecule has 0 spiro atoms. The average molecular weight is 470 g/mol. The number of amides is 3. The Labute approximate surface area is 195 Å². The van der Waals surface area contributed by atoms with Crippen LogP contribution >= 0.6 is 11.3 Å². The van der Waals surface area contributed by atoms with Crippen LogP contribution in [0.5, 0.6) is 5.75 Å². The fourth-order valence-corrected chi connectivity index (χ4v) is 3.76. The van der Waals surface area contributed by atoms with Gasteiger partial charge in [0.05, 0.1) is 36.0 Å². The van der Waals surface area contributed by atoms with Gasteiger partial charge in [-0.05, 0) is 35.7 Å². The Hall–Kier alpha value is -3.50. The van der Waals surface area contributed by atoms with Crippen molar-refractivity contribution in [2.45, 2.75) is 25.3 Å². The zero-order valence-corrected chi connectivity index (χ0v) is 18.9. The zero-order valence-electron chi connectivity index (χ0n) is 18.1. The van der Waals surface area contributed by atoms with Crippen LogP contribution < -0.4 is 26.8 Å². The third-order valence-electron chi connectivity index (χ3n) is 4.89. The van der Waals surface area contributed by atoms with Crippen LogP contribution in [0.15, 0.2) is 47.3 Å². The van der Waals surface area contributed by atoms with Crippen LogP contribution in [0, 0.1) is 0 Å². The molecule has 0 bridgehead atoms. The lowest BCUT2D eigenvalue weighted by molar-refractivity contribution is -0.122. The second-order valence-corrected chi connectivity index (χ2v) is 8.20. The van der Waals surface area contributed by atoms with Crippen LogP contribution in [-0.4, -0.2) is 48.4 Å². The fraction of sp³-hybridized carbons (Fsp3) is 0.304. The summed E-state index contributed by atoms with van der Waals surface area (Å²) >= 11 is 1.47. The number of rotatable bonds is 12. The number of aromatic nitrogens is 1. The molecule has 1 aromatic heterocycles. The molecule has 33 heavy (non-hydrogen) atoms. The monoisotopic (exact) mass is 469 g/mol. The summed E-state index contributed by atoms with van der Waals surface area (Å²) in [5, 5.41) is 9.00. The standard InChI is InChI=1S/C23H27N5O4S/c24-19(11-17-13-33-14-28-17)23(31)26-7-3-4-8-32-20-10-16-6-2-1-5-15(16)9-18(20)22(30)27-12-21(25)29/h1-2,5-6,9-10,13-14,19H,3-4,7-8,11-12,24H2,(H2,25,29)(H,26,31)(H,27,30). The predicted octanol–water partition coefficient (Wildman–Crippen LogP) is 1.36. The van der Waals surface area contributed by atoms with Crippen molar-refractivity contribution in [2.75, 3.05) is 19.7 Å². The number of nitrogens with two attached hydrogens (primary N) is 2. The summed E-state index contributed by atoms with van der Waals surface area (Å²) < 4.78 is 5.88. The number of nitrogens with zero attached hydrogens (tertiary/aromatic N) is 1. The van der Waals surface area contributed by atoms with E-state index < -0.39 is 17.9 Å². The molecule has 0 aliphatic carbocycles. The van der Waals surface area contributed by atoms with Crippen molar-refractivity contribution in [1.82, 2.24) is 15.6 Å². The number of thiazole rings is 1. The summed E-state index contributed by atoms with van der Waals surface area (Å²) in [5.41, 5.74) is 13.9. The molecule has 0 aliphatic heterocycles. The van der Waals surface area contributed by atoms with Crippen LogP contribution in [-0.2, 0) is 16.0 Å². The molecule has 0 aliphatic rings. The van der Waals surface area contributed by atoms with Crippen LogP contribution in [0.25, 0.3) is 10.8 Å². The van der Waals surface area contributed by atoms with Crippen molar-refractivity contribution < 1.29 is 19.1 Å². The molecule has 0 saturated heterocycles. The first-order valence-electron chi connectivity index (χ1n) is 10.6. The van der Waals surface area contributed by atoms with Crippen LogP contribution in [0.1, 0.15) is 28.9 Å². The summed E-state index contributed by atoms with van der Waals surface area (Å²) in [4.78, 5) is 39.8. The Bertz CT molecular complexity index is 1100. The van der Waals surface area contributed by atoms with Gasteiger partial charge in [0, 0.05) is 18.3 Å². The molecule has 3 rings (SSSR count). The Balaban J connectivity index is 1.49. The van der Waals surface area contributed by atoms with E-state index in [4.69, 9.17) is 16.2 Å². The summed E-state index contributed by atoms with van der Waals surface area (Å²) in [6, 6.07) is 10.5. The highest BCUT2D eigenvalue weighted by atomic mass is 32.1. The van der Waals surface area contributed by atoms with E-state index >= 15 is 0 Å². The summed E-state index contributed by atoms with van der Waals surface area (Å²) in [6.07, 6.45) is 1.75. The van der Waals surface area contributed by atoms with Gasteiger partial charge < -0.3 is 26.8 Å². The normalized spacial score (nSPS) is 11.7. The number of carbonyl (C=O) groups excluding carboxylic acids is 3. The van der Waals surface area contributed by atoms with Gasteiger partial charge in [-0.15, -0.1) is 11.3 Å². The highest BCUT2D eigenvalue weighted by Gasteiger charge is 2.16. The van der Waals surface area contributed by atoms with E-state index in [0.717, 1.165) is 16.5 Å². The maximum Gasteiger partial charge on any atom is 0.255 e. The third-order valence-corrected chi connectivity index (χ3v) is 5.53. The molecule has 1 heterocycles. The van der Waals surface area contributed by atoms with E-state index in [9.17, 15) is 14.4 Å². The minimum absolute atomic E-state index is 0.216. The van der Waals surface area contributed by atoms with Gasteiger partial charge in [0.1, 0.15) is 5.75 Å². The molecular formula is C23H27N5O4S. The van der Waals surface area contributed by atoms with Gasteiger partial charge in [-0.3, -0.25) is 14.4 Å². The quantitative estimate of drug-likeness (QED) is 0.294. The van der Waals surface area contributed by atoms with Crippen molar-refractivity contribution in [1.29, 1.82) is 0 Å². The molecule has 0 radical (unpaired) electrons. The lowest BCUT2D eigenvalue weighted by Crippen LogP contribution is -2.42. The summed E-state index contributed by atoms with van der Waals surface area (Å²) in [7, 11) is 0.